The minimum absolute atomic E-state index is 0.449. The highest BCUT2D eigenvalue weighted by Crippen LogP contribution is 2.29. The molecule has 16 heavy (non-hydrogen) atoms. The van der Waals surface area contributed by atoms with Crippen LogP contribution >= 0.6 is 34.5 Å². The average molecular weight is 274 g/mol. The van der Waals surface area contributed by atoms with Crippen molar-refractivity contribution in [2.24, 2.45) is 0 Å². The Morgan fingerprint density at radius 3 is 2.81 bits per heavy atom. The Morgan fingerprint density at radius 2 is 2.19 bits per heavy atom. The number of aromatic nitrogens is 1. The number of ether oxygens (including phenoxy) is 1. The van der Waals surface area contributed by atoms with Gasteiger partial charge in [-0.25, -0.2) is 0 Å². The van der Waals surface area contributed by atoms with Gasteiger partial charge in [-0.05, 0) is 30.2 Å². The molecule has 1 aromatic heterocycles. The number of thiazole rings is 1. The van der Waals surface area contributed by atoms with Gasteiger partial charge in [0, 0.05) is 10.4 Å². The predicted octanol–water partition coefficient (Wildman–Crippen LogP) is 4.80. The van der Waals surface area contributed by atoms with Gasteiger partial charge in [-0.3, -0.25) is 0 Å². The zero-order valence-electron chi connectivity index (χ0n) is 8.54. The first kappa shape index (κ1) is 11.7. The predicted molar refractivity (Wildman–Crippen MR) is 68.0 cm³/mol. The Labute approximate surface area is 108 Å². The lowest BCUT2D eigenvalue weighted by Gasteiger charge is -2.05. The number of nitrogens with zero attached hydrogens (tertiary/aromatic N) is 1. The van der Waals surface area contributed by atoms with E-state index in [1.54, 1.807) is 5.38 Å². The molecule has 0 unspecified atom stereocenters. The molecule has 0 radical (unpaired) electrons. The summed E-state index contributed by atoms with van der Waals surface area (Å²) in [4.78, 5) is 4.01. The molecule has 0 saturated carbocycles. The lowest BCUT2D eigenvalue weighted by Crippen LogP contribution is -1.87. The topological polar surface area (TPSA) is 22.1 Å². The molecule has 2 nitrogen and oxygen atoms in total. The van der Waals surface area contributed by atoms with Crippen LogP contribution in [-0.4, -0.2) is 4.98 Å². The van der Waals surface area contributed by atoms with Crippen LogP contribution in [0, 0.1) is 0 Å². The van der Waals surface area contributed by atoms with Gasteiger partial charge in [0.2, 0.25) is 0 Å². The van der Waals surface area contributed by atoms with Crippen molar-refractivity contribution in [3.05, 3.63) is 39.3 Å². The van der Waals surface area contributed by atoms with Gasteiger partial charge in [0.05, 0.1) is 0 Å². The van der Waals surface area contributed by atoms with Gasteiger partial charge >= 0.3 is 0 Å². The zero-order chi connectivity index (χ0) is 11.5. The van der Waals surface area contributed by atoms with E-state index in [9.17, 15) is 0 Å². The van der Waals surface area contributed by atoms with Crippen LogP contribution in [0.4, 0.5) is 0 Å². The van der Waals surface area contributed by atoms with Crippen molar-refractivity contribution in [1.82, 2.24) is 4.98 Å². The van der Waals surface area contributed by atoms with Crippen LogP contribution in [0.3, 0.4) is 0 Å². The van der Waals surface area contributed by atoms with Crippen molar-refractivity contribution in [1.29, 1.82) is 0 Å². The maximum absolute atomic E-state index is 6.01. The second kappa shape index (κ2) is 5.04. The van der Waals surface area contributed by atoms with Crippen LogP contribution in [0.15, 0.2) is 23.6 Å². The van der Waals surface area contributed by atoms with E-state index in [4.69, 9.17) is 27.9 Å². The normalized spacial score (nSPS) is 10.4. The molecular formula is C11H9Cl2NOS. The fourth-order valence-corrected chi connectivity index (χ4v) is 2.33. The highest BCUT2D eigenvalue weighted by Gasteiger charge is 2.05. The molecule has 0 spiro atoms. The average Bonchev–Trinajstić information content (AvgIpc) is 2.67. The Morgan fingerprint density at radius 1 is 1.38 bits per heavy atom. The maximum atomic E-state index is 6.01. The standard InChI is InChI=1S/C11H9Cl2NOS/c1-2-7-5-8(3-4-9(7)12)15-11-14-10(13)6-16-11/h3-6H,2H2,1H3. The minimum atomic E-state index is 0.449. The summed E-state index contributed by atoms with van der Waals surface area (Å²) in [5, 5.41) is 3.47. The highest BCUT2D eigenvalue weighted by molar-refractivity contribution is 7.11. The van der Waals surface area contributed by atoms with Gasteiger partial charge in [0.1, 0.15) is 10.9 Å². The van der Waals surface area contributed by atoms with Crippen molar-refractivity contribution in [2.45, 2.75) is 13.3 Å². The molecule has 2 aromatic rings. The van der Waals surface area contributed by atoms with Gasteiger partial charge in [-0.1, -0.05) is 41.5 Å². The molecule has 0 N–H and O–H groups in total. The second-order valence-electron chi connectivity index (χ2n) is 3.14. The molecule has 0 aliphatic carbocycles. The molecule has 0 saturated heterocycles. The quantitative estimate of drug-likeness (QED) is 0.801. The van der Waals surface area contributed by atoms with Crippen LogP contribution in [0.2, 0.25) is 10.2 Å². The van der Waals surface area contributed by atoms with E-state index in [0.717, 1.165) is 22.8 Å². The molecular weight excluding hydrogens is 265 g/mol. The summed E-state index contributed by atoms with van der Waals surface area (Å²) in [6.07, 6.45) is 0.870. The molecule has 0 bridgehead atoms. The summed E-state index contributed by atoms with van der Waals surface area (Å²) in [5.74, 6) is 0.729. The van der Waals surface area contributed by atoms with Crippen LogP contribution in [0.25, 0.3) is 0 Å². The molecule has 5 heteroatoms. The molecule has 1 aromatic carbocycles. The molecule has 2 rings (SSSR count). The molecule has 0 aliphatic rings. The maximum Gasteiger partial charge on any atom is 0.280 e. The van der Waals surface area contributed by atoms with Crippen LogP contribution in [0.5, 0.6) is 10.9 Å². The van der Waals surface area contributed by atoms with Crippen molar-refractivity contribution in [2.75, 3.05) is 0 Å². The van der Waals surface area contributed by atoms with E-state index in [0.29, 0.717) is 10.3 Å². The number of hydrogen-bond acceptors (Lipinski definition) is 3. The SMILES string of the molecule is CCc1cc(Oc2nc(Cl)cs2)ccc1Cl. The molecule has 0 aliphatic heterocycles. The Kier molecular flexibility index (Phi) is 3.69. The van der Waals surface area contributed by atoms with Crippen molar-refractivity contribution in [3.63, 3.8) is 0 Å². The Bertz CT molecular complexity index is 498. The molecule has 1 heterocycles. The van der Waals surface area contributed by atoms with Crippen molar-refractivity contribution < 1.29 is 4.74 Å². The van der Waals surface area contributed by atoms with Gasteiger partial charge in [0.25, 0.3) is 5.19 Å². The number of benzene rings is 1. The van der Waals surface area contributed by atoms with E-state index in [2.05, 4.69) is 4.98 Å². The summed E-state index contributed by atoms with van der Waals surface area (Å²) in [7, 11) is 0. The van der Waals surface area contributed by atoms with E-state index in [1.807, 2.05) is 25.1 Å². The van der Waals surface area contributed by atoms with Gasteiger partial charge in [-0.2, -0.15) is 4.98 Å². The van der Waals surface area contributed by atoms with Crippen LogP contribution < -0.4 is 4.74 Å². The van der Waals surface area contributed by atoms with Gasteiger partial charge < -0.3 is 4.74 Å². The molecule has 84 valence electrons. The summed E-state index contributed by atoms with van der Waals surface area (Å²) >= 11 is 13.1. The molecule has 0 atom stereocenters. The monoisotopic (exact) mass is 273 g/mol. The van der Waals surface area contributed by atoms with Crippen molar-refractivity contribution >= 4 is 34.5 Å². The Balaban J connectivity index is 2.21. The first-order chi connectivity index (χ1) is 7.69. The third kappa shape index (κ3) is 2.67. The largest absolute Gasteiger partial charge is 0.431 e. The van der Waals surface area contributed by atoms with Crippen LogP contribution in [-0.2, 0) is 6.42 Å². The fourth-order valence-electron chi connectivity index (χ4n) is 1.27. The third-order valence-electron chi connectivity index (χ3n) is 2.06. The van der Waals surface area contributed by atoms with Crippen LogP contribution in [0.1, 0.15) is 12.5 Å². The summed E-state index contributed by atoms with van der Waals surface area (Å²) < 4.78 is 5.56. The number of rotatable bonds is 3. The second-order valence-corrected chi connectivity index (χ2v) is 4.76. The first-order valence-corrected chi connectivity index (χ1v) is 6.40. The van der Waals surface area contributed by atoms with E-state index >= 15 is 0 Å². The van der Waals surface area contributed by atoms with Gasteiger partial charge in [-0.15, -0.1) is 0 Å². The zero-order valence-corrected chi connectivity index (χ0v) is 10.9. The van der Waals surface area contributed by atoms with Crippen molar-refractivity contribution in [3.8, 4) is 10.9 Å². The smallest absolute Gasteiger partial charge is 0.280 e. The van der Waals surface area contributed by atoms with E-state index in [1.165, 1.54) is 11.3 Å². The lowest BCUT2D eigenvalue weighted by molar-refractivity contribution is 0.478. The van der Waals surface area contributed by atoms with E-state index in [-0.39, 0.29) is 0 Å². The number of aryl methyl sites for hydroxylation is 1. The minimum Gasteiger partial charge on any atom is -0.431 e. The highest BCUT2D eigenvalue weighted by atomic mass is 35.5. The number of halogens is 2. The number of hydrogen-bond donors (Lipinski definition) is 0. The summed E-state index contributed by atoms with van der Waals surface area (Å²) in [6, 6.07) is 5.55. The summed E-state index contributed by atoms with van der Waals surface area (Å²) in [5.41, 5.74) is 1.06. The molecule has 0 fully saturated rings. The first-order valence-electron chi connectivity index (χ1n) is 4.76. The fraction of sp³-hybridized carbons (Fsp3) is 0.182. The Hall–Kier alpha value is -0.770. The lowest BCUT2D eigenvalue weighted by atomic mass is 10.2. The van der Waals surface area contributed by atoms with E-state index < -0.39 is 0 Å². The summed E-state index contributed by atoms with van der Waals surface area (Å²) in [6.45, 7) is 2.05. The molecule has 0 amide bonds. The third-order valence-corrected chi connectivity index (χ3v) is 3.47. The van der Waals surface area contributed by atoms with Gasteiger partial charge in [0.15, 0.2) is 0 Å².